The van der Waals surface area contributed by atoms with E-state index < -0.39 is 12.1 Å². The number of amides is 3. The van der Waals surface area contributed by atoms with Gasteiger partial charge in [-0.05, 0) is 56.3 Å². The van der Waals surface area contributed by atoms with Crippen LogP contribution in [0.2, 0.25) is 0 Å². The van der Waals surface area contributed by atoms with Crippen LogP contribution in [0.25, 0.3) is 0 Å². The Bertz CT molecular complexity index is 1270. The standard InChI is InChI=1S/C25H27F3N6O5/c26-25(27,28)24(37)31-16-1-3-19-18(11-16)34(22(36)14-39-19)10-9-33-7-5-15(6-8-33)29-12-17-2-4-20-23(30-17)32-21(35)13-38-20/h1-4,11,15,29H,5-10,12-14H2,(H,31,37)(H,30,32,35). The van der Waals surface area contributed by atoms with Gasteiger partial charge in [0.1, 0.15) is 5.75 Å². The zero-order valence-corrected chi connectivity index (χ0v) is 20.8. The number of hydrogen-bond acceptors (Lipinski definition) is 8. The molecule has 0 spiro atoms. The molecule has 0 unspecified atom stereocenters. The van der Waals surface area contributed by atoms with Crippen molar-refractivity contribution in [2.45, 2.75) is 31.6 Å². The minimum atomic E-state index is -5.02. The fourth-order valence-electron chi connectivity index (χ4n) is 4.68. The molecular weight excluding hydrogens is 521 g/mol. The molecular formula is C25H27F3N6O5. The highest BCUT2D eigenvalue weighted by molar-refractivity contribution is 6.00. The summed E-state index contributed by atoms with van der Waals surface area (Å²) in [6.07, 6.45) is -3.26. The Labute approximate surface area is 221 Å². The zero-order chi connectivity index (χ0) is 27.6. The highest BCUT2D eigenvalue weighted by Crippen LogP contribution is 2.35. The molecule has 2 aromatic rings. The SMILES string of the molecule is O=C1COc2ccc(CNC3CCN(CCN4C(=O)COc5ccc(NC(=O)C(F)(F)F)cc54)CC3)nc2N1. The van der Waals surface area contributed by atoms with Crippen LogP contribution in [-0.2, 0) is 20.9 Å². The van der Waals surface area contributed by atoms with Crippen molar-refractivity contribution in [1.82, 2.24) is 15.2 Å². The average molecular weight is 549 g/mol. The summed E-state index contributed by atoms with van der Waals surface area (Å²) in [6.45, 7) is 2.86. The molecule has 1 aromatic heterocycles. The van der Waals surface area contributed by atoms with E-state index in [1.54, 1.807) is 6.07 Å². The lowest BCUT2D eigenvalue weighted by Crippen LogP contribution is -2.47. The predicted molar refractivity (Wildman–Crippen MR) is 134 cm³/mol. The number of hydrogen-bond donors (Lipinski definition) is 3. The van der Waals surface area contributed by atoms with Gasteiger partial charge in [-0.2, -0.15) is 13.2 Å². The summed E-state index contributed by atoms with van der Waals surface area (Å²) in [5.41, 5.74) is 1.04. The summed E-state index contributed by atoms with van der Waals surface area (Å²) < 4.78 is 48.7. The van der Waals surface area contributed by atoms with Gasteiger partial charge in [0, 0.05) is 31.4 Å². The van der Waals surface area contributed by atoms with Gasteiger partial charge in [0.2, 0.25) is 0 Å². The Morgan fingerprint density at radius 1 is 1.05 bits per heavy atom. The van der Waals surface area contributed by atoms with Crippen LogP contribution >= 0.6 is 0 Å². The predicted octanol–water partition coefficient (Wildman–Crippen LogP) is 1.89. The van der Waals surface area contributed by atoms with Crippen molar-refractivity contribution in [2.24, 2.45) is 0 Å². The van der Waals surface area contributed by atoms with Crippen LogP contribution < -0.4 is 30.3 Å². The van der Waals surface area contributed by atoms with Crippen LogP contribution in [0.5, 0.6) is 11.5 Å². The Kier molecular flexibility index (Phi) is 7.57. The van der Waals surface area contributed by atoms with Crippen molar-refractivity contribution in [3.05, 3.63) is 36.0 Å². The van der Waals surface area contributed by atoms with Gasteiger partial charge in [-0.1, -0.05) is 0 Å². The van der Waals surface area contributed by atoms with Gasteiger partial charge in [0.25, 0.3) is 11.8 Å². The van der Waals surface area contributed by atoms with Crippen molar-refractivity contribution in [3.8, 4) is 11.5 Å². The number of piperidine rings is 1. The van der Waals surface area contributed by atoms with E-state index in [9.17, 15) is 27.6 Å². The molecule has 1 saturated heterocycles. The molecule has 208 valence electrons. The van der Waals surface area contributed by atoms with E-state index in [0.717, 1.165) is 31.6 Å². The number of rotatable bonds is 7. The lowest BCUT2D eigenvalue weighted by Gasteiger charge is -2.35. The van der Waals surface area contributed by atoms with Crippen molar-refractivity contribution < 1.29 is 37.0 Å². The van der Waals surface area contributed by atoms with Gasteiger partial charge in [0.05, 0.1) is 11.4 Å². The summed E-state index contributed by atoms with van der Waals surface area (Å²) in [7, 11) is 0. The fraction of sp³-hybridized carbons (Fsp3) is 0.440. The van der Waals surface area contributed by atoms with Gasteiger partial charge in [-0.3, -0.25) is 14.4 Å². The molecule has 3 aliphatic rings. The van der Waals surface area contributed by atoms with Crippen LogP contribution in [0.3, 0.4) is 0 Å². The molecule has 0 bridgehead atoms. The van der Waals surface area contributed by atoms with Crippen LogP contribution in [0.1, 0.15) is 18.5 Å². The first kappa shape index (κ1) is 26.7. The van der Waals surface area contributed by atoms with Gasteiger partial charge in [-0.15, -0.1) is 0 Å². The zero-order valence-electron chi connectivity index (χ0n) is 20.8. The van der Waals surface area contributed by atoms with Crippen molar-refractivity contribution in [1.29, 1.82) is 0 Å². The number of anilines is 3. The van der Waals surface area contributed by atoms with Gasteiger partial charge in [0.15, 0.2) is 24.8 Å². The Morgan fingerprint density at radius 3 is 2.56 bits per heavy atom. The number of aromatic nitrogens is 1. The topological polar surface area (TPSA) is 125 Å². The monoisotopic (exact) mass is 548 g/mol. The maximum atomic E-state index is 12.6. The third-order valence-electron chi connectivity index (χ3n) is 6.75. The lowest BCUT2D eigenvalue weighted by molar-refractivity contribution is -0.167. The molecule has 1 fully saturated rings. The summed E-state index contributed by atoms with van der Waals surface area (Å²) in [4.78, 5) is 43.6. The van der Waals surface area contributed by atoms with Crippen LogP contribution in [0, 0.1) is 0 Å². The Hall–Kier alpha value is -3.91. The number of halogens is 3. The molecule has 14 heteroatoms. The van der Waals surface area contributed by atoms with Crippen molar-refractivity contribution in [3.63, 3.8) is 0 Å². The van der Waals surface area contributed by atoms with Crippen LogP contribution in [0.4, 0.5) is 30.4 Å². The molecule has 0 radical (unpaired) electrons. The number of alkyl halides is 3. The van der Waals surface area contributed by atoms with E-state index in [1.807, 2.05) is 11.4 Å². The molecule has 3 aliphatic heterocycles. The normalized spacial score (nSPS) is 18.0. The number of ether oxygens (including phenoxy) is 2. The first-order chi connectivity index (χ1) is 18.7. The van der Waals surface area contributed by atoms with E-state index in [0.29, 0.717) is 42.6 Å². The molecule has 4 heterocycles. The maximum Gasteiger partial charge on any atom is 0.471 e. The van der Waals surface area contributed by atoms with E-state index in [4.69, 9.17) is 9.47 Å². The number of nitrogens with zero attached hydrogens (tertiary/aromatic N) is 3. The van der Waals surface area contributed by atoms with Gasteiger partial charge < -0.3 is 35.2 Å². The number of carbonyl (C=O) groups excluding carboxylic acids is 3. The minimum Gasteiger partial charge on any atom is -0.482 e. The summed E-state index contributed by atoms with van der Waals surface area (Å²) in [5, 5.41) is 8.01. The second-order valence-corrected chi connectivity index (χ2v) is 9.45. The van der Waals surface area contributed by atoms with Crippen molar-refractivity contribution in [2.75, 3.05) is 54.9 Å². The minimum absolute atomic E-state index is 0.0156. The summed E-state index contributed by atoms with van der Waals surface area (Å²) in [5.74, 6) is -1.29. The molecule has 0 saturated carbocycles. The highest BCUT2D eigenvalue weighted by atomic mass is 19.4. The lowest BCUT2D eigenvalue weighted by atomic mass is 10.0. The molecule has 39 heavy (non-hydrogen) atoms. The third kappa shape index (κ3) is 6.40. The number of pyridine rings is 1. The number of fused-ring (bicyclic) bond motifs is 2. The third-order valence-corrected chi connectivity index (χ3v) is 6.75. The summed E-state index contributed by atoms with van der Waals surface area (Å²) >= 11 is 0. The van der Waals surface area contributed by atoms with Gasteiger partial charge >= 0.3 is 12.1 Å². The number of likely N-dealkylation sites (tertiary alicyclic amines) is 1. The quantitative estimate of drug-likeness (QED) is 0.479. The number of nitrogens with one attached hydrogen (secondary N) is 3. The van der Waals surface area contributed by atoms with Crippen LogP contribution in [0.15, 0.2) is 30.3 Å². The van der Waals surface area contributed by atoms with Crippen LogP contribution in [-0.4, -0.2) is 79.2 Å². The molecule has 3 N–H and O–H groups in total. The number of carbonyl (C=O) groups is 3. The Balaban J connectivity index is 1.12. The fourth-order valence-corrected chi connectivity index (χ4v) is 4.68. The second kappa shape index (κ2) is 11.1. The molecule has 0 atom stereocenters. The average Bonchev–Trinajstić information content (AvgIpc) is 2.91. The maximum absolute atomic E-state index is 12.6. The molecule has 3 amide bonds. The van der Waals surface area contributed by atoms with E-state index in [2.05, 4.69) is 20.5 Å². The molecule has 0 aliphatic carbocycles. The second-order valence-electron chi connectivity index (χ2n) is 9.45. The molecule has 11 nitrogen and oxygen atoms in total. The smallest absolute Gasteiger partial charge is 0.471 e. The van der Waals surface area contributed by atoms with E-state index in [1.165, 1.54) is 23.1 Å². The summed E-state index contributed by atoms with van der Waals surface area (Å²) in [6, 6.07) is 7.98. The highest BCUT2D eigenvalue weighted by Gasteiger charge is 2.39. The van der Waals surface area contributed by atoms with E-state index in [-0.39, 0.29) is 36.8 Å². The first-order valence-corrected chi connectivity index (χ1v) is 12.5. The largest absolute Gasteiger partial charge is 0.482 e. The first-order valence-electron chi connectivity index (χ1n) is 12.5. The number of benzene rings is 1. The Morgan fingerprint density at radius 2 is 1.79 bits per heavy atom. The molecule has 1 aromatic carbocycles. The molecule has 5 rings (SSSR count). The van der Waals surface area contributed by atoms with E-state index >= 15 is 0 Å². The van der Waals surface area contributed by atoms with Crippen molar-refractivity contribution >= 4 is 34.9 Å². The van der Waals surface area contributed by atoms with Gasteiger partial charge in [-0.25, -0.2) is 4.98 Å².